The molecule has 4 aromatic rings. The normalized spacial score (nSPS) is 12.0. The Labute approximate surface area is 492 Å². The summed E-state index contributed by atoms with van der Waals surface area (Å²) >= 11 is 0. The number of nitrogens with zero attached hydrogens (tertiary/aromatic N) is 4. The van der Waals surface area contributed by atoms with Gasteiger partial charge in [-0.3, -0.25) is 20.0 Å². The zero-order chi connectivity index (χ0) is 53.8. The Kier molecular flexibility index (Phi) is 34.7. The molecule has 0 atom stereocenters. The topological polar surface area (TPSA) is 130 Å². The largest absolute Gasteiger partial charge is 0.507 e. The first-order chi connectivity index (χ1) is 31.3. The van der Waals surface area contributed by atoms with Crippen LogP contribution in [0.5, 0.6) is 23.0 Å². The van der Waals surface area contributed by atoms with Crippen molar-refractivity contribution in [3.05, 3.63) is 130 Å². The van der Waals surface area contributed by atoms with Crippen LogP contribution in [0.4, 0.5) is 0 Å². The van der Waals surface area contributed by atoms with Crippen molar-refractivity contribution in [2.75, 3.05) is 28.2 Å². The molecule has 0 saturated heterocycles. The van der Waals surface area contributed by atoms with Crippen LogP contribution >= 0.6 is 0 Å². The molecule has 0 radical (unpaired) electrons. The minimum atomic E-state index is -0.0817. The monoisotopic (exact) mass is 1170 g/mol. The average Bonchev–Trinajstić information content (AvgIpc) is 3.17. The summed E-state index contributed by atoms with van der Waals surface area (Å²) in [4.78, 5) is 16.0. The minimum Gasteiger partial charge on any atom is -0.507 e. The van der Waals surface area contributed by atoms with Gasteiger partial charge in [0, 0.05) is 139 Å². The molecule has 414 valence electrons. The van der Waals surface area contributed by atoms with Crippen LogP contribution in [0.1, 0.15) is 213 Å². The third kappa shape index (κ3) is 24.7. The van der Waals surface area contributed by atoms with E-state index >= 15 is 0 Å². The summed E-state index contributed by atoms with van der Waals surface area (Å²) in [5.41, 5.74) is 12.2. The number of aryl methyl sites for hydroxylation is 1. The number of hydrogen-bond acceptors (Lipinski definition) is 8. The van der Waals surface area contributed by atoms with Crippen molar-refractivity contribution in [3.63, 3.8) is 0 Å². The van der Waals surface area contributed by atoms with Gasteiger partial charge in [-0.05, 0) is 109 Å². The van der Waals surface area contributed by atoms with Gasteiger partial charge in [0.25, 0.3) is 0 Å². The van der Waals surface area contributed by atoms with Crippen molar-refractivity contribution in [1.29, 1.82) is 0 Å². The van der Waals surface area contributed by atoms with Crippen LogP contribution < -0.4 is 0 Å². The fraction of sp³-hybridized carbons (Fsp3) is 0.531. The van der Waals surface area contributed by atoms with E-state index in [0.717, 1.165) is 56.5 Å². The summed E-state index contributed by atoms with van der Waals surface area (Å²) in [6, 6.07) is 16.4. The van der Waals surface area contributed by atoms with E-state index in [1.54, 1.807) is 53.0 Å². The van der Waals surface area contributed by atoms with Crippen molar-refractivity contribution >= 4 is 24.9 Å². The summed E-state index contributed by atoms with van der Waals surface area (Å²) in [5, 5.41) is 40.9. The second-order valence-corrected chi connectivity index (χ2v) is 24.9. The van der Waals surface area contributed by atoms with E-state index in [0.29, 0.717) is 28.9 Å². The van der Waals surface area contributed by atoms with Crippen LogP contribution in [0.3, 0.4) is 0 Å². The predicted molar refractivity (Wildman–Crippen MR) is 322 cm³/mol. The van der Waals surface area contributed by atoms with Crippen LogP contribution in [0.15, 0.2) is 68.5 Å². The third-order valence-electron chi connectivity index (χ3n) is 11.6. The molecule has 10 heteroatoms. The molecule has 0 aromatic heterocycles. The molecule has 0 heterocycles. The fourth-order valence-corrected chi connectivity index (χ4v) is 7.29. The predicted octanol–water partition coefficient (Wildman–Crippen LogP) is 16.6. The van der Waals surface area contributed by atoms with Crippen LogP contribution in [0, 0.1) is 27.7 Å². The summed E-state index contributed by atoms with van der Waals surface area (Å²) in [7, 11) is 6.88. The molecule has 0 spiro atoms. The average molecular weight is 1180 g/mol. The van der Waals surface area contributed by atoms with E-state index in [2.05, 4.69) is 183 Å². The van der Waals surface area contributed by atoms with E-state index in [1.807, 2.05) is 31.2 Å². The van der Waals surface area contributed by atoms with Crippen molar-refractivity contribution < 1.29 is 72.8 Å². The van der Waals surface area contributed by atoms with E-state index in [4.69, 9.17) is 0 Å². The van der Waals surface area contributed by atoms with E-state index in [1.165, 1.54) is 16.7 Å². The molecule has 0 aliphatic carbocycles. The Hall–Kier alpha value is -3.47. The van der Waals surface area contributed by atoms with Gasteiger partial charge in [0.05, 0.1) is 0 Å². The van der Waals surface area contributed by atoms with Gasteiger partial charge in [-0.15, -0.1) is 0 Å². The van der Waals surface area contributed by atoms with E-state index < -0.39 is 0 Å². The number of hydrogen-bond donors (Lipinski definition) is 4. The standard InChI is InChI=1S/3C16H25NO.C13H19NO.CH4.2CH3.2Zr/c2*1-15(2,3)12-8-11(10-17-7)14(18)13(9-12)16(4,5)6;1-11(2)7-12-8-14(16(3,4)5)9-13(10-17-6)15(12)18;1-9-6-10(13(2,3)4)7-12(15)11(9)8-14-5;;;;;/h2*8-10,18H,1-7H3;8-11,18H,7H2,1-6H3;6-8,15H,1-5H3;1H4;2*1H3;;/q;;;;;2*-1;;. The molecule has 0 aliphatic heterocycles. The molecule has 4 aromatic carbocycles. The van der Waals surface area contributed by atoms with Gasteiger partial charge in [0.2, 0.25) is 0 Å². The number of benzene rings is 4. The summed E-state index contributed by atoms with van der Waals surface area (Å²) in [6.45, 7) is 45.0. The SMILES string of the molecule is C.CN=Cc1c(C)cc(C(C)(C)C)cc1O.CN=Cc1cc(C(C)(C)C)cc(C(C)(C)C)c1O.CN=Cc1cc(C(C)(C)C)cc(C(C)(C)C)c1O.CN=Cc1cc(C(C)(C)C)cc(CC(C)C)c1O.[CH3-].[CH3-].[Zr].[Zr]. The molecule has 0 bridgehead atoms. The molecule has 4 rings (SSSR count). The molecular weight excluding hydrogens is 1070 g/mol. The number of phenols is 4. The number of phenolic OH excluding ortho intramolecular Hbond substituents is 4. The van der Waals surface area contributed by atoms with Crippen LogP contribution in [-0.2, 0) is 91.3 Å². The molecular formula is C64H104N4O4Zr2-2. The van der Waals surface area contributed by atoms with Gasteiger partial charge in [-0.2, -0.15) is 0 Å². The van der Waals surface area contributed by atoms with Gasteiger partial charge in [-0.25, -0.2) is 0 Å². The first-order valence-electron chi connectivity index (χ1n) is 24.4. The maximum Gasteiger partial charge on any atom is 0.128 e. The second-order valence-electron chi connectivity index (χ2n) is 24.9. The van der Waals surface area contributed by atoms with Crippen molar-refractivity contribution in [2.24, 2.45) is 25.9 Å². The number of rotatable bonds is 6. The van der Waals surface area contributed by atoms with Crippen LogP contribution in [-0.4, -0.2) is 73.5 Å². The third-order valence-corrected chi connectivity index (χ3v) is 11.6. The Morgan fingerprint density at radius 1 is 0.419 bits per heavy atom. The van der Waals surface area contributed by atoms with Gasteiger partial charge >= 0.3 is 0 Å². The number of aromatic hydroxyl groups is 4. The maximum absolute atomic E-state index is 10.4. The van der Waals surface area contributed by atoms with Crippen molar-refractivity contribution in [2.45, 2.75) is 192 Å². The van der Waals surface area contributed by atoms with Crippen LogP contribution in [0.2, 0.25) is 0 Å². The molecule has 0 saturated carbocycles. The quantitative estimate of drug-likeness (QED) is 0.113. The van der Waals surface area contributed by atoms with Gasteiger partial charge in [-0.1, -0.05) is 170 Å². The smallest absolute Gasteiger partial charge is 0.128 e. The van der Waals surface area contributed by atoms with Crippen LogP contribution in [0.25, 0.3) is 0 Å². The molecule has 8 nitrogen and oxygen atoms in total. The second kappa shape index (κ2) is 32.3. The first kappa shape index (κ1) is 79.4. The first-order valence-corrected chi connectivity index (χ1v) is 24.4. The van der Waals surface area contributed by atoms with Crippen molar-refractivity contribution in [1.82, 2.24) is 0 Å². The zero-order valence-corrected chi connectivity index (χ0v) is 55.7. The van der Waals surface area contributed by atoms with Gasteiger partial charge in [0.1, 0.15) is 23.0 Å². The molecule has 0 unspecified atom stereocenters. The minimum absolute atomic E-state index is 0. The molecule has 74 heavy (non-hydrogen) atoms. The molecule has 0 aliphatic rings. The molecule has 4 N–H and O–H groups in total. The molecule has 0 fully saturated rings. The van der Waals surface area contributed by atoms with Crippen molar-refractivity contribution in [3.8, 4) is 23.0 Å². The fourth-order valence-electron chi connectivity index (χ4n) is 7.29. The van der Waals surface area contributed by atoms with E-state index in [9.17, 15) is 20.4 Å². The Balaban J connectivity index is -0.000000280. The zero-order valence-electron chi connectivity index (χ0n) is 50.8. The molecule has 0 amide bonds. The summed E-state index contributed by atoms with van der Waals surface area (Å²) < 4.78 is 0. The Morgan fingerprint density at radius 2 is 0.703 bits per heavy atom. The Bertz CT molecular complexity index is 2330. The Morgan fingerprint density at radius 3 is 0.959 bits per heavy atom. The summed E-state index contributed by atoms with van der Waals surface area (Å²) in [6.07, 6.45) is 7.76. The number of aliphatic imine (C=N–C) groups is 4. The van der Waals surface area contributed by atoms with Gasteiger partial charge < -0.3 is 35.3 Å². The van der Waals surface area contributed by atoms with E-state index in [-0.39, 0.29) is 107 Å². The summed E-state index contributed by atoms with van der Waals surface area (Å²) in [5.74, 6) is 1.91. The van der Waals surface area contributed by atoms with Gasteiger partial charge in [0.15, 0.2) is 0 Å². The maximum atomic E-state index is 10.4.